The van der Waals surface area contributed by atoms with Crippen molar-refractivity contribution in [2.45, 2.75) is 5.92 Å². The zero-order chi connectivity index (χ0) is 13.2. The van der Waals surface area contributed by atoms with Crippen molar-refractivity contribution in [1.29, 1.82) is 0 Å². The van der Waals surface area contributed by atoms with Gasteiger partial charge in [0.1, 0.15) is 6.29 Å². The maximum atomic E-state index is 12.4. The van der Waals surface area contributed by atoms with Crippen LogP contribution in [0.3, 0.4) is 0 Å². The average Bonchev–Trinajstić information content (AvgIpc) is 3.22. The van der Waals surface area contributed by atoms with E-state index in [0.29, 0.717) is 5.56 Å². The van der Waals surface area contributed by atoms with E-state index >= 15 is 0 Å². The van der Waals surface area contributed by atoms with Crippen molar-refractivity contribution in [3.63, 3.8) is 0 Å². The van der Waals surface area contributed by atoms with Gasteiger partial charge in [0.05, 0.1) is 0 Å². The van der Waals surface area contributed by atoms with Gasteiger partial charge in [-0.3, -0.25) is 4.79 Å². The molecular weight excluding hydrogens is 236 g/mol. The Labute approximate surface area is 112 Å². The van der Waals surface area contributed by atoms with Crippen LogP contribution in [0.1, 0.15) is 21.8 Å². The van der Waals surface area contributed by atoms with Crippen molar-refractivity contribution in [2.24, 2.45) is 11.8 Å². The lowest BCUT2D eigenvalue weighted by Gasteiger charge is -2.00. The highest BCUT2D eigenvalue weighted by atomic mass is 16.1. The van der Waals surface area contributed by atoms with Gasteiger partial charge in [-0.25, -0.2) is 0 Å². The van der Waals surface area contributed by atoms with E-state index in [1.54, 1.807) is 0 Å². The number of aldehydes is 1. The molecule has 0 bridgehead atoms. The normalized spacial score (nSPS) is 24.7. The molecule has 0 spiro atoms. The maximum absolute atomic E-state index is 12.4. The number of ketones is 1. The molecular formula is C17H14O2. The van der Waals surface area contributed by atoms with E-state index < -0.39 is 0 Å². The van der Waals surface area contributed by atoms with Crippen LogP contribution in [0, 0.1) is 11.8 Å². The molecule has 1 aliphatic rings. The van der Waals surface area contributed by atoms with Crippen LogP contribution in [-0.2, 0) is 4.79 Å². The topological polar surface area (TPSA) is 34.1 Å². The van der Waals surface area contributed by atoms with Gasteiger partial charge in [0.25, 0.3) is 0 Å². The second-order valence-corrected chi connectivity index (χ2v) is 4.91. The van der Waals surface area contributed by atoms with Crippen LogP contribution in [0.25, 0.3) is 0 Å². The molecule has 0 aliphatic heterocycles. The summed E-state index contributed by atoms with van der Waals surface area (Å²) in [6.07, 6.45) is 0.920. The van der Waals surface area contributed by atoms with E-state index in [0.717, 1.165) is 11.8 Å². The second-order valence-electron chi connectivity index (χ2n) is 4.91. The number of carbonyl (C=O) groups excluding carboxylic acids is 2. The van der Waals surface area contributed by atoms with Gasteiger partial charge in [-0.05, 0) is 5.56 Å². The van der Waals surface area contributed by atoms with Gasteiger partial charge in [0.15, 0.2) is 5.78 Å². The summed E-state index contributed by atoms with van der Waals surface area (Å²) in [6, 6.07) is 19.0. The van der Waals surface area contributed by atoms with Crippen molar-refractivity contribution in [2.75, 3.05) is 0 Å². The van der Waals surface area contributed by atoms with Crippen LogP contribution >= 0.6 is 0 Å². The van der Waals surface area contributed by atoms with Crippen LogP contribution < -0.4 is 0 Å². The number of rotatable bonds is 4. The molecule has 0 saturated heterocycles. The third-order valence-corrected chi connectivity index (χ3v) is 3.78. The summed E-state index contributed by atoms with van der Waals surface area (Å²) in [7, 11) is 0. The molecule has 0 unspecified atom stereocenters. The first-order chi connectivity index (χ1) is 9.33. The van der Waals surface area contributed by atoms with Gasteiger partial charge in [0, 0.05) is 23.3 Å². The van der Waals surface area contributed by atoms with E-state index in [1.165, 1.54) is 0 Å². The minimum atomic E-state index is -0.192. The predicted molar refractivity (Wildman–Crippen MR) is 73.0 cm³/mol. The molecule has 1 fully saturated rings. The molecule has 2 nitrogen and oxygen atoms in total. The summed E-state index contributed by atoms with van der Waals surface area (Å²) in [5, 5.41) is 0. The summed E-state index contributed by atoms with van der Waals surface area (Å²) in [6.45, 7) is 0. The fourth-order valence-corrected chi connectivity index (χ4v) is 2.74. The summed E-state index contributed by atoms with van der Waals surface area (Å²) >= 11 is 0. The zero-order valence-corrected chi connectivity index (χ0v) is 10.4. The first-order valence-corrected chi connectivity index (χ1v) is 6.42. The highest BCUT2D eigenvalue weighted by Crippen LogP contribution is 2.54. The van der Waals surface area contributed by atoms with E-state index in [1.807, 2.05) is 60.7 Å². The molecule has 1 saturated carbocycles. The predicted octanol–water partition coefficient (Wildman–Crippen LogP) is 3.10. The van der Waals surface area contributed by atoms with Gasteiger partial charge in [-0.15, -0.1) is 0 Å². The SMILES string of the molecule is O=C[C@@H]1[C@@H](C(=O)c2ccccc2)[C@H]1c1ccccc1. The highest BCUT2D eigenvalue weighted by Gasteiger charge is 2.55. The van der Waals surface area contributed by atoms with Gasteiger partial charge >= 0.3 is 0 Å². The number of hydrogen-bond acceptors (Lipinski definition) is 2. The molecule has 3 rings (SSSR count). The van der Waals surface area contributed by atoms with Crippen molar-refractivity contribution in [3.8, 4) is 0 Å². The Morgan fingerprint density at radius 1 is 0.895 bits per heavy atom. The molecule has 0 aromatic heterocycles. The fourth-order valence-electron chi connectivity index (χ4n) is 2.74. The molecule has 0 amide bonds. The van der Waals surface area contributed by atoms with E-state index in [4.69, 9.17) is 0 Å². The molecule has 1 aliphatic carbocycles. The number of hydrogen-bond donors (Lipinski definition) is 0. The lowest BCUT2D eigenvalue weighted by atomic mass is 10.0. The number of Topliss-reactive ketones (excluding diaryl/α,β-unsaturated/α-hetero) is 1. The number of carbonyl (C=O) groups is 2. The van der Waals surface area contributed by atoms with Crippen LogP contribution in [-0.4, -0.2) is 12.1 Å². The number of benzene rings is 2. The Morgan fingerprint density at radius 2 is 1.47 bits per heavy atom. The van der Waals surface area contributed by atoms with Gasteiger partial charge in [-0.1, -0.05) is 60.7 Å². The van der Waals surface area contributed by atoms with Crippen molar-refractivity contribution in [3.05, 3.63) is 71.8 Å². The molecule has 2 aromatic rings. The Balaban J connectivity index is 1.86. The minimum Gasteiger partial charge on any atom is -0.303 e. The molecule has 0 heterocycles. The maximum Gasteiger partial charge on any atom is 0.167 e. The monoisotopic (exact) mass is 250 g/mol. The largest absolute Gasteiger partial charge is 0.303 e. The van der Waals surface area contributed by atoms with Gasteiger partial charge in [-0.2, -0.15) is 0 Å². The van der Waals surface area contributed by atoms with Crippen LogP contribution in [0.5, 0.6) is 0 Å². The summed E-state index contributed by atoms with van der Waals surface area (Å²) in [5.74, 6) is -0.240. The Bertz CT molecular complexity index is 589. The molecule has 0 radical (unpaired) electrons. The first kappa shape index (κ1) is 11.8. The van der Waals surface area contributed by atoms with Crippen molar-refractivity contribution >= 4 is 12.1 Å². The Hall–Kier alpha value is -2.22. The standard InChI is InChI=1S/C17H14O2/c18-11-14-15(12-7-3-1-4-8-12)16(14)17(19)13-9-5-2-6-10-13/h1-11,14-16H/t14-,15-,16+/m0/s1. The third-order valence-electron chi connectivity index (χ3n) is 3.78. The summed E-state index contributed by atoms with van der Waals surface area (Å²) < 4.78 is 0. The van der Waals surface area contributed by atoms with E-state index in [9.17, 15) is 9.59 Å². The molecule has 2 aromatic carbocycles. The third kappa shape index (κ3) is 2.10. The van der Waals surface area contributed by atoms with Crippen LogP contribution in [0.2, 0.25) is 0 Å². The summed E-state index contributed by atoms with van der Waals surface area (Å²) in [5.41, 5.74) is 1.77. The average molecular weight is 250 g/mol. The van der Waals surface area contributed by atoms with Crippen molar-refractivity contribution in [1.82, 2.24) is 0 Å². The quantitative estimate of drug-likeness (QED) is 0.617. The molecule has 3 atom stereocenters. The smallest absolute Gasteiger partial charge is 0.167 e. The molecule has 19 heavy (non-hydrogen) atoms. The van der Waals surface area contributed by atoms with E-state index in [2.05, 4.69) is 0 Å². The fraction of sp³-hybridized carbons (Fsp3) is 0.176. The molecule has 94 valence electrons. The Morgan fingerprint density at radius 3 is 2.05 bits per heavy atom. The van der Waals surface area contributed by atoms with E-state index in [-0.39, 0.29) is 23.5 Å². The highest BCUT2D eigenvalue weighted by molar-refractivity contribution is 6.03. The van der Waals surface area contributed by atoms with Crippen LogP contribution in [0.4, 0.5) is 0 Å². The molecule has 2 heteroatoms. The minimum absolute atomic E-state index is 0.0476. The van der Waals surface area contributed by atoms with Crippen molar-refractivity contribution < 1.29 is 9.59 Å². The Kier molecular flexibility index (Phi) is 3.00. The lowest BCUT2D eigenvalue weighted by Crippen LogP contribution is -2.04. The zero-order valence-electron chi connectivity index (χ0n) is 10.4. The van der Waals surface area contributed by atoms with Gasteiger partial charge in [0.2, 0.25) is 0 Å². The first-order valence-electron chi connectivity index (χ1n) is 6.42. The van der Waals surface area contributed by atoms with Gasteiger partial charge < -0.3 is 4.79 Å². The lowest BCUT2D eigenvalue weighted by molar-refractivity contribution is -0.109. The van der Waals surface area contributed by atoms with Crippen LogP contribution in [0.15, 0.2) is 60.7 Å². The summed E-state index contributed by atoms with van der Waals surface area (Å²) in [4.78, 5) is 23.5. The second kappa shape index (κ2) is 4.81. The molecule has 0 N–H and O–H groups in total.